The summed E-state index contributed by atoms with van der Waals surface area (Å²) in [6, 6.07) is 7.75. The van der Waals surface area contributed by atoms with E-state index in [1.165, 1.54) is 17.1 Å². The van der Waals surface area contributed by atoms with Crippen LogP contribution in [0.3, 0.4) is 0 Å². The molecule has 3 rings (SSSR count). The predicted octanol–water partition coefficient (Wildman–Crippen LogP) is 1.19. The summed E-state index contributed by atoms with van der Waals surface area (Å²) in [7, 11) is -1.39. The van der Waals surface area contributed by atoms with Crippen molar-refractivity contribution in [1.29, 1.82) is 0 Å². The maximum atomic E-state index is 12.4. The maximum Gasteiger partial charge on any atom is 0.225 e. The fourth-order valence-electron chi connectivity index (χ4n) is 3.37. The van der Waals surface area contributed by atoms with E-state index in [-0.39, 0.29) is 18.1 Å². The molecule has 0 atom stereocenters. The van der Waals surface area contributed by atoms with Crippen LogP contribution in [0.2, 0.25) is 0 Å². The van der Waals surface area contributed by atoms with Gasteiger partial charge in [0.15, 0.2) is 0 Å². The van der Waals surface area contributed by atoms with Gasteiger partial charge in [-0.05, 0) is 44.2 Å². The Balaban J connectivity index is 1.47. The number of piperazine rings is 1. The molecule has 1 aromatic carbocycles. The highest BCUT2D eigenvalue weighted by atomic mass is 32.2. The normalized spacial score (nSPS) is 19.7. The Morgan fingerprint density at radius 1 is 1.00 bits per heavy atom. The van der Waals surface area contributed by atoms with Gasteiger partial charge in [0.05, 0.1) is 5.75 Å². The second-order valence-electron chi connectivity index (χ2n) is 7.06. The zero-order valence-corrected chi connectivity index (χ0v) is 16.2. The second kappa shape index (κ2) is 8.37. The van der Waals surface area contributed by atoms with Crippen molar-refractivity contribution in [2.45, 2.75) is 19.3 Å². The van der Waals surface area contributed by atoms with Crippen molar-refractivity contribution in [3.8, 4) is 0 Å². The predicted molar refractivity (Wildman–Crippen MR) is 104 cm³/mol. The number of hydrogen-bond acceptors (Lipinski definition) is 5. The number of hydrogen-bond donors (Lipinski definition) is 1. The first-order valence-electron chi connectivity index (χ1n) is 9.25. The molecule has 1 aromatic rings. The molecule has 0 unspecified atom stereocenters. The van der Waals surface area contributed by atoms with Crippen LogP contribution in [-0.4, -0.2) is 75.6 Å². The van der Waals surface area contributed by atoms with Crippen LogP contribution in [0.4, 0.5) is 11.4 Å². The molecule has 7 nitrogen and oxygen atoms in total. The molecule has 2 aliphatic heterocycles. The van der Waals surface area contributed by atoms with Gasteiger partial charge in [0.1, 0.15) is 0 Å². The molecule has 8 heteroatoms. The van der Waals surface area contributed by atoms with Crippen LogP contribution >= 0.6 is 0 Å². The summed E-state index contributed by atoms with van der Waals surface area (Å²) in [5.74, 6) is -0.411. The van der Waals surface area contributed by atoms with Gasteiger partial charge in [-0.15, -0.1) is 0 Å². The van der Waals surface area contributed by atoms with E-state index >= 15 is 0 Å². The average Bonchev–Trinajstić information content (AvgIpc) is 3.16. The Labute approximate surface area is 156 Å². The number of nitrogens with zero attached hydrogens (tertiary/aromatic N) is 3. The Morgan fingerprint density at radius 2 is 1.62 bits per heavy atom. The van der Waals surface area contributed by atoms with Gasteiger partial charge in [0, 0.05) is 57.1 Å². The van der Waals surface area contributed by atoms with E-state index in [0.29, 0.717) is 18.8 Å². The van der Waals surface area contributed by atoms with Crippen molar-refractivity contribution in [3.05, 3.63) is 24.3 Å². The third-order valence-corrected chi connectivity index (χ3v) is 6.94. The minimum absolute atomic E-state index is 0.0252. The van der Waals surface area contributed by atoms with Crippen molar-refractivity contribution in [3.63, 3.8) is 0 Å². The zero-order valence-electron chi connectivity index (χ0n) is 15.4. The van der Waals surface area contributed by atoms with Crippen molar-refractivity contribution in [2.75, 3.05) is 62.3 Å². The van der Waals surface area contributed by atoms with E-state index in [1.807, 2.05) is 31.3 Å². The quantitative estimate of drug-likeness (QED) is 0.803. The molecule has 2 saturated heterocycles. The van der Waals surface area contributed by atoms with Crippen molar-refractivity contribution in [1.82, 2.24) is 9.21 Å². The van der Waals surface area contributed by atoms with E-state index < -0.39 is 10.0 Å². The third-order valence-electron chi connectivity index (χ3n) is 5.06. The van der Waals surface area contributed by atoms with Crippen LogP contribution in [0.15, 0.2) is 24.3 Å². The van der Waals surface area contributed by atoms with Crippen LogP contribution in [0.25, 0.3) is 0 Å². The fourth-order valence-corrected chi connectivity index (χ4v) is 4.79. The largest absolute Gasteiger partial charge is 0.372 e. The van der Waals surface area contributed by atoms with Crippen LogP contribution in [0, 0.1) is 0 Å². The summed E-state index contributed by atoms with van der Waals surface area (Å²) in [5, 5.41) is 2.79. The van der Waals surface area contributed by atoms with Gasteiger partial charge in [-0.3, -0.25) is 4.79 Å². The van der Waals surface area contributed by atoms with E-state index in [0.717, 1.165) is 31.9 Å². The lowest BCUT2D eigenvalue weighted by atomic mass is 10.2. The van der Waals surface area contributed by atoms with Crippen molar-refractivity contribution < 1.29 is 13.2 Å². The van der Waals surface area contributed by atoms with Gasteiger partial charge in [-0.2, -0.15) is 4.31 Å². The summed E-state index contributed by atoms with van der Waals surface area (Å²) in [6.07, 6.45) is 2.42. The molecule has 2 aliphatic rings. The Kier molecular flexibility index (Phi) is 6.16. The van der Waals surface area contributed by atoms with Crippen molar-refractivity contribution >= 4 is 27.3 Å². The smallest absolute Gasteiger partial charge is 0.225 e. The van der Waals surface area contributed by atoms with Gasteiger partial charge in [0.2, 0.25) is 15.9 Å². The second-order valence-corrected chi connectivity index (χ2v) is 9.15. The zero-order chi connectivity index (χ0) is 18.6. The van der Waals surface area contributed by atoms with E-state index in [2.05, 4.69) is 15.1 Å². The molecular formula is C18H28N4O3S. The molecule has 1 N–H and O–H groups in total. The maximum absolute atomic E-state index is 12.4. The summed E-state index contributed by atoms with van der Waals surface area (Å²) in [6.45, 7) is 4.62. The molecule has 0 radical (unpaired) electrons. The Bertz CT molecular complexity index is 706. The highest BCUT2D eigenvalue weighted by Crippen LogP contribution is 2.22. The van der Waals surface area contributed by atoms with E-state index in [9.17, 15) is 13.2 Å². The van der Waals surface area contributed by atoms with Crippen molar-refractivity contribution in [2.24, 2.45) is 0 Å². The SMILES string of the molecule is CN1CCN(S(=O)(=O)CCC(=O)Nc2ccc(N3CCCC3)cc2)CC1. The number of carbonyl (C=O) groups excluding carboxylic acids is 1. The molecular weight excluding hydrogens is 352 g/mol. The number of likely N-dealkylation sites (N-methyl/N-ethyl adjacent to an activating group) is 1. The lowest BCUT2D eigenvalue weighted by Gasteiger charge is -2.31. The topological polar surface area (TPSA) is 73.0 Å². The number of carbonyl (C=O) groups is 1. The highest BCUT2D eigenvalue weighted by Gasteiger charge is 2.26. The van der Waals surface area contributed by atoms with E-state index in [1.54, 1.807) is 0 Å². The van der Waals surface area contributed by atoms with Gasteiger partial charge >= 0.3 is 0 Å². The summed E-state index contributed by atoms with van der Waals surface area (Å²) in [4.78, 5) is 16.6. The lowest BCUT2D eigenvalue weighted by Crippen LogP contribution is -2.47. The minimum atomic E-state index is -3.37. The first-order chi connectivity index (χ1) is 12.4. The molecule has 0 aliphatic carbocycles. The molecule has 2 heterocycles. The molecule has 0 spiro atoms. The molecule has 0 aromatic heterocycles. The number of rotatable bonds is 6. The van der Waals surface area contributed by atoms with Crippen LogP contribution in [0.5, 0.6) is 0 Å². The fraction of sp³-hybridized carbons (Fsp3) is 0.611. The average molecular weight is 381 g/mol. The summed E-state index contributed by atoms with van der Waals surface area (Å²) >= 11 is 0. The monoisotopic (exact) mass is 380 g/mol. The minimum Gasteiger partial charge on any atom is -0.372 e. The standard InChI is InChI=1S/C18H28N4O3S/c1-20-11-13-22(14-12-20)26(24,25)15-8-18(23)19-16-4-6-17(7-5-16)21-9-2-3-10-21/h4-7H,2-3,8-15H2,1H3,(H,19,23). The molecule has 2 fully saturated rings. The van der Waals surface area contributed by atoms with Crippen LogP contribution < -0.4 is 10.2 Å². The third kappa shape index (κ3) is 4.96. The number of nitrogens with one attached hydrogen (secondary N) is 1. The lowest BCUT2D eigenvalue weighted by molar-refractivity contribution is -0.115. The van der Waals surface area contributed by atoms with Gasteiger partial charge in [-0.1, -0.05) is 0 Å². The Hall–Kier alpha value is -1.64. The number of amides is 1. The number of anilines is 2. The Morgan fingerprint density at radius 3 is 2.23 bits per heavy atom. The summed E-state index contributed by atoms with van der Waals surface area (Å²) in [5.41, 5.74) is 1.87. The summed E-state index contributed by atoms with van der Waals surface area (Å²) < 4.78 is 26.2. The highest BCUT2D eigenvalue weighted by molar-refractivity contribution is 7.89. The molecule has 144 valence electrons. The number of benzene rings is 1. The first-order valence-corrected chi connectivity index (χ1v) is 10.9. The number of sulfonamides is 1. The molecule has 1 amide bonds. The van der Waals surface area contributed by atoms with Crippen LogP contribution in [0.1, 0.15) is 19.3 Å². The van der Waals surface area contributed by atoms with Gasteiger partial charge in [-0.25, -0.2) is 8.42 Å². The molecule has 0 bridgehead atoms. The first kappa shape index (κ1) is 19.1. The molecule has 26 heavy (non-hydrogen) atoms. The van der Waals surface area contributed by atoms with Crippen LogP contribution in [-0.2, 0) is 14.8 Å². The van der Waals surface area contributed by atoms with Gasteiger partial charge < -0.3 is 15.1 Å². The van der Waals surface area contributed by atoms with E-state index in [4.69, 9.17) is 0 Å². The van der Waals surface area contributed by atoms with Gasteiger partial charge in [0.25, 0.3) is 0 Å². The molecule has 0 saturated carbocycles.